The molecule has 0 spiro atoms. The van der Waals surface area contributed by atoms with Crippen molar-refractivity contribution in [1.82, 2.24) is 10.2 Å². The number of carbonyl (C=O) groups is 2. The number of rotatable bonds is 14. The second kappa shape index (κ2) is 15.8. The average Bonchev–Trinajstić information content (AvgIpc) is 3.02. The second-order valence-corrected chi connectivity index (χ2v) is 13.6. The lowest BCUT2D eigenvalue weighted by Gasteiger charge is -2.34. The number of nitrogens with zero attached hydrogens (tertiary/aromatic N) is 2. The number of halogens is 2. The van der Waals surface area contributed by atoms with E-state index in [0.717, 1.165) is 50.4 Å². The molecule has 2 amide bonds. The monoisotopic (exact) mass is 693 g/mol. The van der Waals surface area contributed by atoms with Gasteiger partial charge in [0.15, 0.2) is 0 Å². The predicted octanol–water partition coefficient (Wildman–Crippen LogP) is 6.65. The van der Waals surface area contributed by atoms with E-state index in [4.69, 9.17) is 0 Å². The van der Waals surface area contributed by atoms with Gasteiger partial charge in [-0.3, -0.25) is 13.9 Å². The number of carbonyl (C=O) groups excluding carboxylic acids is 2. The zero-order valence-electron chi connectivity index (χ0n) is 25.3. The van der Waals surface area contributed by atoms with E-state index >= 15 is 0 Å². The molecule has 4 rings (SSSR count). The molecular weight excluding hydrogens is 657 g/mol. The molecule has 4 aromatic carbocycles. The topological polar surface area (TPSA) is 86.8 Å². The Labute approximate surface area is 273 Å². The molecule has 236 valence electrons. The molecule has 0 aliphatic heterocycles. The molecule has 0 radical (unpaired) electrons. The van der Waals surface area contributed by atoms with Crippen molar-refractivity contribution in [2.24, 2.45) is 0 Å². The quantitative estimate of drug-likeness (QED) is 0.150. The van der Waals surface area contributed by atoms with Crippen molar-refractivity contribution in [3.8, 4) is 0 Å². The van der Waals surface area contributed by atoms with Gasteiger partial charge in [-0.2, -0.15) is 0 Å². The molecule has 10 heteroatoms. The van der Waals surface area contributed by atoms with Gasteiger partial charge >= 0.3 is 0 Å². The fourth-order valence-electron chi connectivity index (χ4n) is 4.87. The predicted molar refractivity (Wildman–Crippen MR) is 179 cm³/mol. The lowest BCUT2D eigenvalue weighted by molar-refractivity contribution is -0.140. The number of benzene rings is 4. The number of sulfonamides is 1. The normalized spacial score (nSPS) is 11.9. The minimum absolute atomic E-state index is 0.0121. The summed E-state index contributed by atoms with van der Waals surface area (Å²) < 4.78 is 43.8. The van der Waals surface area contributed by atoms with Gasteiger partial charge in [-0.1, -0.05) is 89.4 Å². The average molecular weight is 695 g/mol. The van der Waals surface area contributed by atoms with Gasteiger partial charge in [-0.05, 0) is 73.0 Å². The summed E-state index contributed by atoms with van der Waals surface area (Å²) in [6, 6.07) is 27.1. The van der Waals surface area contributed by atoms with Crippen LogP contribution in [0.1, 0.15) is 36.5 Å². The second-order valence-electron chi connectivity index (χ2n) is 10.8. The third-order valence-corrected chi connectivity index (χ3v) is 9.63. The van der Waals surface area contributed by atoms with Crippen molar-refractivity contribution in [2.75, 3.05) is 17.4 Å². The zero-order valence-corrected chi connectivity index (χ0v) is 27.7. The van der Waals surface area contributed by atoms with Crippen LogP contribution in [-0.4, -0.2) is 44.3 Å². The number of anilines is 1. The lowest BCUT2D eigenvalue weighted by Crippen LogP contribution is -2.53. The van der Waals surface area contributed by atoms with E-state index in [0.29, 0.717) is 6.54 Å². The fourth-order valence-corrected chi connectivity index (χ4v) is 6.73. The summed E-state index contributed by atoms with van der Waals surface area (Å²) in [5.74, 6) is -1.45. The molecule has 0 aliphatic rings. The molecule has 1 atom stereocenters. The highest BCUT2D eigenvalue weighted by Crippen LogP contribution is 2.26. The van der Waals surface area contributed by atoms with E-state index in [9.17, 15) is 22.4 Å². The van der Waals surface area contributed by atoms with Gasteiger partial charge in [0.25, 0.3) is 10.0 Å². The number of aryl methyl sites for hydroxylation is 1. The minimum Gasteiger partial charge on any atom is -0.354 e. The molecular formula is C35H37BrFN3O4S. The highest BCUT2D eigenvalue weighted by Gasteiger charge is 2.34. The highest BCUT2D eigenvalue weighted by molar-refractivity contribution is 9.10. The van der Waals surface area contributed by atoms with Crippen LogP contribution < -0.4 is 9.62 Å². The van der Waals surface area contributed by atoms with E-state index in [1.165, 1.54) is 29.2 Å². The Kier molecular flexibility index (Phi) is 11.9. The number of hydrogen-bond donors (Lipinski definition) is 1. The highest BCUT2D eigenvalue weighted by atomic mass is 79.9. The van der Waals surface area contributed by atoms with Crippen molar-refractivity contribution in [2.45, 2.75) is 50.6 Å². The fraction of sp³-hybridized carbons (Fsp3) is 0.257. The maximum Gasteiger partial charge on any atom is 0.264 e. The maximum atomic E-state index is 14.4. The Balaban J connectivity index is 1.78. The van der Waals surface area contributed by atoms with Crippen LogP contribution in [-0.2, 0) is 32.6 Å². The third-order valence-electron chi connectivity index (χ3n) is 7.35. The summed E-state index contributed by atoms with van der Waals surface area (Å²) in [6.07, 6.45) is 1.88. The van der Waals surface area contributed by atoms with Crippen LogP contribution in [0.25, 0.3) is 0 Å². The Hall–Kier alpha value is -4.02. The Morgan fingerprint density at radius 2 is 1.56 bits per heavy atom. The first kappa shape index (κ1) is 33.9. The van der Waals surface area contributed by atoms with Crippen molar-refractivity contribution in [3.63, 3.8) is 0 Å². The lowest BCUT2D eigenvalue weighted by atomic mass is 10.0. The van der Waals surface area contributed by atoms with Crippen molar-refractivity contribution < 1.29 is 22.4 Å². The summed E-state index contributed by atoms with van der Waals surface area (Å²) in [5, 5.41) is 2.97. The van der Waals surface area contributed by atoms with Gasteiger partial charge in [0, 0.05) is 24.0 Å². The molecule has 0 saturated heterocycles. The van der Waals surface area contributed by atoms with Crippen LogP contribution in [0.15, 0.2) is 112 Å². The molecule has 0 saturated carbocycles. The SMILES string of the molecule is CCCCNC(=O)[C@H](Cc1ccccc1)N(Cc1cccc(Br)c1)C(=O)CN(c1ccc(F)cc1)S(=O)(=O)c1ccc(C)cc1. The summed E-state index contributed by atoms with van der Waals surface area (Å²) in [6.45, 7) is 3.76. The van der Waals surface area contributed by atoms with Gasteiger partial charge in [0.2, 0.25) is 11.8 Å². The maximum absolute atomic E-state index is 14.4. The zero-order chi connectivity index (χ0) is 32.4. The van der Waals surface area contributed by atoms with E-state index in [-0.39, 0.29) is 29.5 Å². The van der Waals surface area contributed by atoms with Gasteiger partial charge in [-0.25, -0.2) is 12.8 Å². The first-order chi connectivity index (χ1) is 21.6. The van der Waals surface area contributed by atoms with Gasteiger partial charge < -0.3 is 10.2 Å². The summed E-state index contributed by atoms with van der Waals surface area (Å²) in [5.41, 5.74) is 2.60. The molecule has 0 fully saturated rings. The van der Waals surface area contributed by atoms with Crippen LogP contribution in [0, 0.1) is 12.7 Å². The van der Waals surface area contributed by atoms with E-state index < -0.39 is 34.3 Å². The van der Waals surface area contributed by atoms with Crippen LogP contribution in [0.3, 0.4) is 0 Å². The van der Waals surface area contributed by atoms with E-state index in [2.05, 4.69) is 21.2 Å². The van der Waals surface area contributed by atoms with E-state index in [1.807, 2.05) is 68.4 Å². The van der Waals surface area contributed by atoms with Crippen molar-refractivity contribution in [3.05, 3.63) is 130 Å². The number of unbranched alkanes of at least 4 members (excludes halogenated alkanes) is 1. The molecule has 45 heavy (non-hydrogen) atoms. The summed E-state index contributed by atoms with van der Waals surface area (Å²) in [4.78, 5) is 29.6. The Bertz CT molecular complexity index is 1680. The first-order valence-corrected chi connectivity index (χ1v) is 17.0. The molecule has 0 bridgehead atoms. The molecule has 0 aliphatic carbocycles. The summed E-state index contributed by atoms with van der Waals surface area (Å²) >= 11 is 3.48. The standard InChI is InChI=1S/C35H37BrFN3O4S/c1-3-4-21-38-35(42)33(23-27-9-6-5-7-10-27)39(24-28-11-8-12-29(36)22-28)34(41)25-40(31-17-15-30(37)16-18-31)45(43,44)32-19-13-26(2)14-20-32/h5-20,22,33H,3-4,21,23-25H2,1-2H3,(H,38,42)/t33-/m0/s1. The van der Waals surface area contributed by atoms with Gasteiger partial charge in [0.1, 0.15) is 18.4 Å². The van der Waals surface area contributed by atoms with Crippen LogP contribution >= 0.6 is 15.9 Å². The van der Waals surface area contributed by atoms with Crippen molar-refractivity contribution >= 4 is 43.5 Å². The van der Waals surface area contributed by atoms with E-state index in [1.54, 1.807) is 12.1 Å². The largest absolute Gasteiger partial charge is 0.354 e. The molecule has 4 aromatic rings. The smallest absolute Gasteiger partial charge is 0.264 e. The third kappa shape index (κ3) is 9.25. The molecule has 1 N–H and O–H groups in total. The Morgan fingerprint density at radius 3 is 2.20 bits per heavy atom. The molecule has 0 aromatic heterocycles. The van der Waals surface area contributed by atoms with Crippen LogP contribution in [0.4, 0.5) is 10.1 Å². The molecule has 0 heterocycles. The van der Waals surface area contributed by atoms with Crippen LogP contribution in [0.5, 0.6) is 0 Å². The Morgan fingerprint density at radius 1 is 0.889 bits per heavy atom. The summed E-state index contributed by atoms with van der Waals surface area (Å²) in [7, 11) is -4.26. The van der Waals surface area contributed by atoms with Crippen LogP contribution in [0.2, 0.25) is 0 Å². The molecule has 7 nitrogen and oxygen atoms in total. The van der Waals surface area contributed by atoms with Crippen molar-refractivity contribution in [1.29, 1.82) is 0 Å². The first-order valence-electron chi connectivity index (χ1n) is 14.8. The number of nitrogens with one attached hydrogen (secondary N) is 1. The number of hydrogen-bond acceptors (Lipinski definition) is 4. The minimum atomic E-state index is -4.26. The number of amides is 2. The van der Waals surface area contributed by atoms with Gasteiger partial charge in [0.05, 0.1) is 10.6 Å². The molecule has 0 unspecified atom stereocenters. The van der Waals surface area contributed by atoms with Gasteiger partial charge in [-0.15, -0.1) is 0 Å².